The highest BCUT2D eigenvalue weighted by atomic mass is 16.3. The topological polar surface area (TPSA) is 60.7 Å². The smallest absolute Gasteiger partial charge is 0.123 e. The summed E-state index contributed by atoms with van der Waals surface area (Å²) in [7, 11) is 0. The Balaban J connectivity index is 2.36. The normalized spacial score (nSPS) is 20.7. The lowest BCUT2D eigenvalue weighted by atomic mass is 9.73. The zero-order chi connectivity index (χ0) is 17.7. The molecule has 0 aromatic heterocycles. The summed E-state index contributed by atoms with van der Waals surface area (Å²) in [5.74, 6) is 0.326. The second-order valence-corrected chi connectivity index (χ2v) is 7.01. The van der Waals surface area contributed by atoms with Gasteiger partial charge < -0.3 is 15.3 Å². The van der Waals surface area contributed by atoms with E-state index in [2.05, 4.69) is 13.5 Å². The first-order valence-corrected chi connectivity index (χ1v) is 8.98. The van der Waals surface area contributed by atoms with Crippen LogP contribution in [0.4, 0.5) is 0 Å². The van der Waals surface area contributed by atoms with E-state index in [1.54, 1.807) is 12.1 Å². The first kappa shape index (κ1) is 18.6. The van der Waals surface area contributed by atoms with Crippen molar-refractivity contribution in [3.05, 3.63) is 47.1 Å². The zero-order valence-electron chi connectivity index (χ0n) is 14.9. The molecule has 0 fully saturated rings. The van der Waals surface area contributed by atoms with Crippen molar-refractivity contribution in [2.45, 2.75) is 58.3 Å². The van der Waals surface area contributed by atoms with Crippen molar-refractivity contribution in [2.75, 3.05) is 6.61 Å². The Morgan fingerprint density at radius 2 is 1.88 bits per heavy atom. The number of hydrogen-bond acceptors (Lipinski definition) is 3. The summed E-state index contributed by atoms with van der Waals surface area (Å²) >= 11 is 0. The van der Waals surface area contributed by atoms with Gasteiger partial charge in [0.15, 0.2) is 0 Å². The molecule has 3 heteroatoms. The number of allylic oxidation sites excluding steroid dienone is 2. The molecular weight excluding hydrogens is 300 g/mol. The van der Waals surface area contributed by atoms with Crippen LogP contribution in [0.5, 0.6) is 11.5 Å². The Morgan fingerprint density at radius 3 is 2.42 bits per heavy atom. The maximum Gasteiger partial charge on any atom is 0.123 e. The van der Waals surface area contributed by atoms with E-state index in [1.165, 1.54) is 0 Å². The van der Waals surface area contributed by atoms with Crippen LogP contribution in [0.15, 0.2) is 35.9 Å². The van der Waals surface area contributed by atoms with Gasteiger partial charge in [0.1, 0.15) is 11.5 Å². The largest absolute Gasteiger partial charge is 0.507 e. The number of aliphatic hydroxyl groups excluding tert-OH is 1. The fourth-order valence-corrected chi connectivity index (χ4v) is 3.69. The summed E-state index contributed by atoms with van der Waals surface area (Å²) in [6.07, 6.45) is 7.92. The van der Waals surface area contributed by atoms with Crippen LogP contribution in [-0.4, -0.2) is 21.9 Å². The average Bonchev–Trinajstić information content (AvgIpc) is 2.54. The van der Waals surface area contributed by atoms with E-state index >= 15 is 0 Å². The lowest BCUT2D eigenvalue weighted by molar-refractivity contribution is 0.314. The number of phenols is 2. The average molecular weight is 330 g/mol. The molecule has 1 aromatic rings. The second kappa shape index (κ2) is 8.39. The number of aryl methyl sites for hydroxylation is 1. The molecule has 3 nitrogen and oxygen atoms in total. The fraction of sp³-hybridized carbons (Fsp3) is 0.524. The Bertz CT molecular complexity index is 593. The van der Waals surface area contributed by atoms with Crippen LogP contribution in [0.1, 0.15) is 63.0 Å². The number of unbranched alkanes of at least 4 members (excludes halogenated alkanes) is 2. The molecule has 0 radical (unpaired) electrons. The molecule has 0 saturated carbocycles. The molecule has 0 spiro atoms. The van der Waals surface area contributed by atoms with Gasteiger partial charge in [-0.05, 0) is 61.8 Å². The molecule has 2 atom stereocenters. The first-order chi connectivity index (χ1) is 11.5. The van der Waals surface area contributed by atoms with Gasteiger partial charge in [-0.3, -0.25) is 0 Å². The van der Waals surface area contributed by atoms with E-state index in [0.717, 1.165) is 55.2 Å². The van der Waals surface area contributed by atoms with Gasteiger partial charge in [-0.15, -0.1) is 0 Å². The molecule has 0 saturated heterocycles. The standard InChI is InChI=1S/C21H30O3/c1-4-5-6-7-15-11-19(23)21(20(24)12-15)18-10-16(13-22)8-9-17(18)14(2)3/h10-12,17-18,22-24H,2,4-9,13H2,1,3H3/t17-,18?/m0/s1. The molecule has 1 unspecified atom stereocenters. The van der Waals surface area contributed by atoms with Gasteiger partial charge >= 0.3 is 0 Å². The summed E-state index contributed by atoms with van der Waals surface area (Å²) in [5.41, 5.74) is 3.53. The molecule has 2 rings (SSSR count). The molecular formula is C21H30O3. The highest BCUT2D eigenvalue weighted by molar-refractivity contribution is 5.52. The van der Waals surface area contributed by atoms with E-state index in [0.29, 0.717) is 5.56 Å². The third-order valence-electron chi connectivity index (χ3n) is 5.06. The summed E-state index contributed by atoms with van der Waals surface area (Å²) < 4.78 is 0. The van der Waals surface area contributed by atoms with E-state index in [-0.39, 0.29) is 29.9 Å². The number of aromatic hydroxyl groups is 2. The number of benzene rings is 1. The Morgan fingerprint density at radius 1 is 1.21 bits per heavy atom. The van der Waals surface area contributed by atoms with Crippen molar-refractivity contribution in [1.29, 1.82) is 0 Å². The molecule has 132 valence electrons. The van der Waals surface area contributed by atoms with Gasteiger partial charge in [0.25, 0.3) is 0 Å². The molecule has 0 amide bonds. The molecule has 1 aromatic carbocycles. The highest BCUT2D eigenvalue weighted by Gasteiger charge is 2.30. The summed E-state index contributed by atoms with van der Waals surface area (Å²) in [5, 5.41) is 30.6. The van der Waals surface area contributed by atoms with Gasteiger partial charge in [-0.2, -0.15) is 0 Å². The Labute approximate surface area is 145 Å². The lowest BCUT2D eigenvalue weighted by Gasteiger charge is -2.31. The third kappa shape index (κ3) is 4.21. The number of rotatable bonds is 7. The highest BCUT2D eigenvalue weighted by Crippen LogP contribution is 2.46. The van der Waals surface area contributed by atoms with Crippen molar-refractivity contribution in [1.82, 2.24) is 0 Å². The molecule has 1 aliphatic carbocycles. The minimum atomic E-state index is -0.136. The van der Waals surface area contributed by atoms with E-state index in [9.17, 15) is 15.3 Å². The Kier molecular flexibility index (Phi) is 6.50. The Hall–Kier alpha value is -1.74. The van der Waals surface area contributed by atoms with Crippen LogP contribution in [-0.2, 0) is 6.42 Å². The summed E-state index contributed by atoms with van der Waals surface area (Å²) in [6, 6.07) is 3.56. The van der Waals surface area contributed by atoms with Crippen molar-refractivity contribution < 1.29 is 15.3 Å². The summed E-state index contributed by atoms with van der Waals surface area (Å²) in [6.45, 7) is 8.25. The number of hydrogen-bond donors (Lipinski definition) is 3. The van der Waals surface area contributed by atoms with Crippen LogP contribution in [0.3, 0.4) is 0 Å². The third-order valence-corrected chi connectivity index (χ3v) is 5.06. The predicted molar refractivity (Wildman–Crippen MR) is 98.4 cm³/mol. The van der Waals surface area contributed by atoms with Gasteiger partial charge in [0.2, 0.25) is 0 Å². The molecule has 24 heavy (non-hydrogen) atoms. The monoisotopic (exact) mass is 330 g/mol. The lowest BCUT2D eigenvalue weighted by Crippen LogP contribution is -2.18. The van der Waals surface area contributed by atoms with Crippen LogP contribution >= 0.6 is 0 Å². The number of aliphatic hydroxyl groups is 1. The van der Waals surface area contributed by atoms with E-state index in [4.69, 9.17) is 0 Å². The van der Waals surface area contributed by atoms with Crippen molar-refractivity contribution in [2.24, 2.45) is 5.92 Å². The zero-order valence-corrected chi connectivity index (χ0v) is 14.9. The van der Waals surface area contributed by atoms with Crippen LogP contribution in [0.2, 0.25) is 0 Å². The molecule has 0 aliphatic heterocycles. The second-order valence-electron chi connectivity index (χ2n) is 7.01. The molecule has 1 aliphatic rings. The molecule has 3 N–H and O–H groups in total. The maximum absolute atomic E-state index is 10.6. The molecule has 0 bridgehead atoms. The van der Waals surface area contributed by atoms with Gasteiger partial charge in [0, 0.05) is 11.5 Å². The fourth-order valence-electron chi connectivity index (χ4n) is 3.69. The van der Waals surface area contributed by atoms with Gasteiger partial charge in [-0.1, -0.05) is 38.0 Å². The molecule has 0 heterocycles. The van der Waals surface area contributed by atoms with E-state index in [1.807, 2.05) is 13.0 Å². The minimum absolute atomic E-state index is 0.0238. The predicted octanol–water partition coefficient (Wildman–Crippen LogP) is 4.82. The van der Waals surface area contributed by atoms with E-state index < -0.39 is 0 Å². The summed E-state index contributed by atoms with van der Waals surface area (Å²) in [4.78, 5) is 0. The van der Waals surface area contributed by atoms with Crippen LogP contribution < -0.4 is 0 Å². The quantitative estimate of drug-likeness (QED) is 0.496. The van der Waals surface area contributed by atoms with Crippen LogP contribution in [0.25, 0.3) is 0 Å². The first-order valence-electron chi connectivity index (χ1n) is 8.98. The van der Waals surface area contributed by atoms with Gasteiger partial charge in [-0.25, -0.2) is 0 Å². The maximum atomic E-state index is 10.6. The van der Waals surface area contributed by atoms with Crippen molar-refractivity contribution >= 4 is 0 Å². The van der Waals surface area contributed by atoms with Crippen LogP contribution in [0, 0.1) is 5.92 Å². The van der Waals surface area contributed by atoms with Gasteiger partial charge in [0.05, 0.1) is 6.61 Å². The SMILES string of the molecule is C=C(C)[C@@H]1CCC(CO)=CC1c1c(O)cc(CCCCC)cc1O. The van der Waals surface area contributed by atoms with Crippen molar-refractivity contribution in [3.8, 4) is 11.5 Å². The van der Waals surface area contributed by atoms with Crippen molar-refractivity contribution in [3.63, 3.8) is 0 Å². The number of phenolic OH excluding ortho intramolecular Hbond substituents is 2. The minimum Gasteiger partial charge on any atom is -0.507 e.